The third kappa shape index (κ3) is 2.67. The van der Waals surface area contributed by atoms with Crippen LogP contribution in [-0.2, 0) is 10.0 Å². The van der Waals surface area contributed by atoms with Crippen LogP contribution >= 0.6 is 0 Å². The minimum absolute atomic E-state index is 0.0261. The molecule has 1 saturated heterocycles. The molecule has 0 saturated carbocycles. The number of nitrogens with zero attached hydrogens (tertiary/aromatic N) is 1. The van der Waals surface area contributed by atoms with Crippen molar-refractivity contribution in [1.29, 1.82) is 0 Å². The Morgan fingerprint density at radius 2 is 1.70 bits per heavy atom. The van der Waals surface area contributed by atoms with Gasteiger partial charge >= 0.3 is 0 Å². The summed E-state index contributed by atoms with van der Waals surface area (Å²) in [5.41, 5.74) is -0.498. The van der Waals surface area contributed by atoms with Crippen LogP contribution in [0.5, 0.6) is 0 Å². The van der Waals surface area contributed by atoms with Crippen LogP contribution in [-0.4, -0.2) is 43.5 Å². The normalized spacial score (nSPS) is 25.5. The Hall–Kier alpha value is -2.58. The van der Waals surface area contributed by atoms with Crippen LogP contribution in [0.25, 0.3) is 0 Å². The maximum atomic E-state index is 13.2. The Morgan fingerprint density at radius 1 is 1.07 bits per heavy atom. The van der Waals surface area contributed by atoms with Crippen LogP contribution in [0.15, 0.2) is 53.4 Å². The maximum Gasteiger partial charge on any atom is 0.252 e. The van der Waals surface area contributed by atoms with Gasteiger partial charge in [-0.25, -0.2) is 12.8 Å². The van der Waals surface area contributed by atoms with Gasteiger partial charge in [0.2, 0.25) is 10.0 Å². The fourth-order valence-corrected chi connectivity index (χ4v) is 5.30. The number of benzene rings is 2. The molecule has 1 N–H and O–H groups in total. The molecule has 2 aliphatic rings. The van der Waals surface area contributed by atoms with Gasteiger partial charge in [-0.2, -0.15) is 4.31 Å². The van der Waals surface area contributed by atoms with Crippen molar-refractivity contribution >= 4 is 21.7 Å². The van der Waals surface area contributed by atoms with Gasteiger partial charge in [-0.05, 0) is 37.3 Å². The molecule has 8 heteroatoms. The van der Waals surface area contributed by atoms with Gasteiger partial charge in [-0.1, -0.05) is 18.2 Å². The number of fused-ring (bicyclic) bond motifs is 2. The molecule has 4 rings (SSSR count). The molecule has 2 heterocycles. The molecule has 0 radical (unpaired) electrons. The average molecular weight is 388 g/mol. The summed E-state index contributed by atoms with van der Waals surface area (Å²) >= 11 is 0. The fraction of sp³-hybridized carbons (Fsp3) is 0.263. The summed E-state index contributed by atoms with van der Waals surface area (Å²) < 4.78 is 40.2. The molecule has 0 aliphatic carbocycles. The van der Waals surface area contributed by atoms with Crippen molar-refractivity contribution in [3.05, 3.63) is 65.5 Å². The zero-order valence-electron chi connectivity index (χ0n) is 14.5. The van der Waals surface area contributed by atoms with E-state index in [1.165, 1.54) is 16.4 Å². The van der Waals surface area contributed by atoms with E-state index in [0.29, 0.717) is 11.1 Å². The number of nitrogens with one attached hydrogen (secondary N) is 1. The number of hydrogen-bond donors (Lipinski definition) is 1. The quantitative estimate of drug-likeness (QED) is 0.851. The van der Waals surface area contributed by atoms with E-state index in [9.17, 15) is 22.4 Å². The van der Waals surface area contributed by atoms with Crippen molar-refractivity contribution in [2.24, 2.45) is 5.41 Å². The van der Waals surface area contributed by atoms with Gasteiger partial charge in [-0.15, -0.1) is 0 Å². The van der Waals surface area contributed by atoms with E-state index in [1.807, 2.05) is 0 Å². The molecule has 0 bridgehead atoms. The zero-order valence-corrected chi connectivity index (χ0v) is 15.3. The molecule has 0 aromatic heterocycles. The van der Waals surface area contributed by atoms with Crippen LogP contribution < -0.4 is 5.32 Å². The number of carbonyl (C=O) groups is 2. The summed E-state index contributed by atoms with van der Waals surface area (Å²) in [4.78, 5) is 25.7. The lowest BCUT2D eigenvalue weighted by atomic mass is 9.78. The van der Waals surface area contributed by atoms with Crippen LogP contribution in [0.3, 0.4) is 0 Å². The number of hydrogen-bond acceptors (Lipinski definition) is 4. The number of ketones is 1. The van der Waals surface area contributed by atoms with E-state index >= 15 is 0 Å². The molecule has 2 aliphatic heterocycles. The highest BCUT2D eigenvalue weighted by molar-refractivity contribution is 7.89. The van der Waals surface area contributed by atoms with Gasteiger partial charge < -0.3 is 5.32 Å². The molecule has 27 heavy (non-hydrogen) atoms. The van der Waals surface area contributed by atoms with E-state index in [0.717, 1.165) is 12.1 Å². The lowest BCUT2D eigenvalue weighted by Crippen LogP contribution is -2.47. The summed E-state index contributed by atoms with van der Waals surface area (Å²) in [6.45, 7) is 1.58. The first-order valence-electron chi connectivity index (χ1n) is 8.44. The van der Waals surface area contributed by atoms with Crippen molar-refractivity contribution < 1.29 is 22.4 Å². The summed E-state index contributed by atoms with van der Waals surface area (Å²) in [7, 11) is -3.92. The Morgan fingerprint density at radius 3 is 2.37 bits per heavy atom. The number of rotatable bonds is 2. The smallest absolute Gasteiger partial charge is 0.252 e. The van der Waals surface area contributed by atoms with Crippen LogP contribution in [0, 0.1) is 11.2 Å². The molecule has 2 atom stereocenters. The molecule has 0 spiro atoms. The first-order chi connectivity index (χ1) is 12.7. The number of carbonyl (C=O) groups excluding carboxylic acids is 2. The van der Waals surface area contributed by atoms with Crippen molar-refractivity contribution in [2.75, 3.05) is 13.1 Å². The molecule has 2 aromatic carbocycles. The number of Topliss-reactive ketones (excluding diaryl/α,β-unsaturated/α-hetero) is 1. The van der Waals surface area contributed by atoms with Crippen LogP contribution in [0.2, 0.25) is 0 Å². The maximum absolute atomic E-state index is 13.2. The largest absolute Gasteiger partial charge is 0.347 e. The van der Waals surface area contributed by atoms with E-state index in [-0.39, 0.29) is 23.8 Å². The second-order valence-corrected chi connectivity index (χ2v) is 9.01. The van der Waals surface area contributed by atoms with Crippen LogP contribution in [0.4, 0.5) is 4.39 Å². The Kier molecular flexibility index (Phi) is 3.94. The highest BCUT2D eigenvalue weighted by atomic mass is 32.2. The van der Waals surface area contributed by atoms with Crippen molar-refractivity contribution in [2.45, 2.75) is 17.9 Å². The molecular weight excluding hydrogens is 371 g/mol. The lowest BCUT2D eigenvalue weighted by Gasteiger charge is -2.26. The van der Waals surface area contributed by atoms with Crippen molar-refractivity contribution in [1.82, 2.24) is 9.62 Å². The Bertz CT molecular complexity index is 1050. The first kappa shape index (κ1) is 17.8. The van der Waals surface area contributed by atoms with E-state index in [2.05, 4.69) is 5.32 Å². The minimum Gasteiger partial charge on any atom is -0.347 e. The van der Waals surface area contributed by atoms with E-state index < -0.39 is 33.2 Å². The minimum atomic E-state index is -3.92. The average Bonchev–Trinajstić information content (AvgIpc) is 2.96. The topological polar surface area (TPSA) is 83.6 Å². The van der Waals surface area contributed by atoms with Gasteiger partial charge in [0.1, 0.15) is 5.82 Å². The number of halogens is 1. The molecule has 6 nitrogen and oxygen atoms in total. The van der Waals surface area contributed by atoms with Gasteiger partial charge in [0.05, 0.1) is 21.9 Å². The summed E-state index contributed by atoms with van der Waals surface area (Å²) in [5.74, 6) is -1.20. The van der Waals surface area contributed by atoms with Gasteiger partial charge in [0.25, 0.3) is 5.91 Å². The molecule has 1 amide bonds. The lowest BCUT2D eigenvalue weighted by molar-refractivity contribution is 0.0796. The molecule has 1 fully saturated rings. The third-order valence-corrected chi connectivity index (χ3v) is 7.18. The summed E-state index contributed by atoms with van der Waals surface area (Å²) in [6, 6.07) is 10.4. The second-order valence-electron chi connectivity index (χ2n) is 7.07. The highest BCUT2D eigenvalue weighted by Crippen LogP contribution is 2.39. The van der Waals surface area contributed by atoms with Crippen molar-refractivity contribution in [3.63, 3.8) is 0 Å². The summed E-state index contributed by atoms with van der Waals surface area (Å²) in [6.07, 6.45) is 0. The molecule has 2 aromatic rings. The second kappa shape index (κ2) is 5.97. The van der Waals surface area contributed by atoms with Gasteiger partial charge in [0.15, 0.2) is 5.78 Å². The van der Waals surface area contributed by atoms with Crippen LogP contribution in [0.1, 0.15) is 27.6 Å². The molecular formula is C19H17FN2O4S. The zero-order chi connectivity index (χ0) is 19.4. The van der Waals surface area contributed by atoms with Gasteiger partial charge in [-0.3, -0.25) is 9.59 Å². The highest BCUT2D eigenvalue weighted by Gasteiger charge is 2.54. The Labute approximate surface area is 156 Å². The molecule has 0 unspecified atom stereocenters. The van der Waals surface area contributed by atoms with Gasteiger partial charge in [0, 0.05) is 18.7 Å². The standard InChI is InChI=1S/C19H17FN2O4S/c1-19-11-22(27(25,26)13-8-6-12(20)7-9-13)10-16(19)21-18(24)15-5-3-2-4-14(15)17(19)23/h2-9,16H,10-11H2,1H3,(H,21,24)/t16-,19+/m1/s1. The monoisotopic (exact) mass is 388 g/mol. The summed E-state index contributed by atoms with van der Waals surface area (Å²) in [5, 5.41) is 2.80. The SMILES string of the molecule is C[C@]12CN(S(=O)(=O)c3ccc(F)cc3)C[C@H]1NC(=O)c1ccccc1C2=O. The predicted octanol–water partition coefficient (Wildman–Crippen LogP) is 1.83. The first-order valence-corrected chi connectivity index (χ1v) is 9.88. The number of sulfonamides is 1. The van der Waals surface area contributed by atoms with E-state index in [4.69, 9.17) is 0 Å². The fourth-order valence-electron chi connectivity index (χ4n) is 3.74. The van der Waals surface area contributed by atoms with E-state index in [1.54, 1.807) is 31.2 Å². The molecule has 140 valence electrons. The van der Waals surface area contributed by atoms with Crippen molar-refractivity contribution in [3.8, 4) is 0 Å². The third-order valence-electron chi connectivity index (χ3n) is 5.35. The number of amides is 1. The Balaban J connectivity index is 1.73. The predicted molar refractivity (Wildman–Crippen MR) is 95.3 cm³/mol.